The zero-order valence-electron chi connectivity index (χ0n) is 38.0. The Morgan fingerprint density at radius 2 is 0.879 bits per heavy atom. The Balaban J connectivity index is 3.54. The number of amides is 1. The summed E-state index contributed by atoms with van der Waals surface area (Å²) >= 11 is 0. The van der Waals surface area contributed by atoms with Crippen molar-refractivity contribution in [3.63, 3.8) is 0 Å². The van der Waals surface area contributed by atoms with Gasteiger partial charge < -0.3 is 20.3 Å². The average Bonchev–Trinajstić information content (AvgIpc) is 3.22. The van der Waals surface area contributed by atoms with Gasteiger partial charge in [0.1, 0.15) is 0 Å². The molecule has 0 aromatic rings. The second kappa shape index (κ2) is 47.2. The summed E-state index contributed by atoms with van der Waals surface area (Å²) in [5.41, 5.74) is 0. The summed E-state index contributed by atoms with van der Waals surface area (Å²) in [6.45, 7) is 4.76. The SMILES string of the molecule is CCCCC/C=C\C/C=C\CCCCCCCCCCCC(=O)OCCCCCCCC/C=C\C/C=C\CCC(=O)NC(CO)C(O)/C=C/CCCCCCCCC. The van der Waals surface area contributed by atoms with Crippen LogP contribution in [0.5, 0.6) is 0 Å². The van der Waals surface area contributed by atoms with Crippen molar-refractivity contribution < 1.29 is 24.5 Å². The van der Waals surface area contributed by atoms with E-state index in [1.54, 1.807) is 6.08 Å². The largest absolute Gasteiger partial charge is 0.466 e. The third kappa shape index (κ3) is 43.1. The fourth-order valence-corrected chi connectivity index (χ4v) is 6.95. The van der Waals surface area contributed by atoms with Crippen LogP contribution < -0.4 is 5.32 Å². The van der Waals surface area contributed by atoms with Gasteiger partial charge in [0.25, 0.3) is 0 Å². The van der Waals surface area contributed by atoms with Crippen molar-refractivity contribution in [2.75, 3.05) is 13.2 Å². The zero-order valence-corrected chi connectivity index (χ0v) is 38.0. The van der Waals surface area contributed by atoms with Gasteiger partial charge in [0.15, 0.2) is 0 Å². The highest BCUT2D eigenvalue weighted by Crippen LogP contribution is 2.13. The number of ether oxygens (including phenoxy) is 1. The van der Waals surface area contributed by atoms with Gasteiger partial charge in [-0.1, -0.05) is 197 Å². The minimum atomic E-state index is -0.878. The van der Waals surface area contributed by atoms with Crippen molar-refractivity contribution in [3.8, 4) is 0 Å². The molecule has 0 aliphatic heterocycles. The molecule has 0 heterocycles. The molecule has 1 amide bonds. The number of rotatable bonds is 44. The molecule has 6 nitrogen and oxygen atoms in total. The lowest BCUT2D eigenvalue weighted by atomic mass is 10.1. The molecule has 0 fully saturated rings. The molecule has 2 unspecified atom stereocenters. The Hall–Kier alpha value is -2.44. The smallest absolute Gasteiger partial charge is 0.305 e. The number of aliphatic hydroxyl groups excluding tert-OH is 2. The molecule has 0 spiro atoms. The van der Waals surface area contributed by atoms with Gasteiger partial charge in [0, 0.05) is 12.8 Å². The first-order valence-corrected chi connectivity index (χ1v) is 24.6. The lowest BCUT2D eigenvalue weighted by Crippen LogP contribution is -2.45. The van der Waals surface area contributed by atoms with Crippen molar-refractivity contribution in [2.24, 2.45) is 0 Å². The number of nitrogens with one attached hydrogen (secondary N) is 1. The second-order valence-electron chi connectivity index (χ2n) is 16.4. The Morgan fingerprint density at radius 1 is 0.483 bits per heavy atom. The number of hydrogen-bond acceptors (Lipinski definition) is 5. The van der Waals surface area contributed by atoms with Gasteiger partial charge in [-0.05, 0) is 83.5 Å². The van der Waals surface area contributed by atoms with E-state index >= 15 is 0 Å². The van der Waals surface area contributed by atoms with Gasteiger partial charge in [-0.2, -0.15) is 0 Å². The zero-order chi connectivity index (χ0) is 42.3. The van der Waals surface area contributed by atoms with E-state index in [-0.39, 0.29) is 18.5 Å². The van der Waals surface area contributed by atoms with Gasteiger partial charge in [0.2, 0.25) is 5.91 Å². The first-order chi connectivity index (χ1) is 28.5. The van der Waals surface area contributed by atoms with Crippen molar-refractivity contribution in [2.45, 2.75) is 244 Å². The molecule has 0 saturated carbocycles. The first kappa shape index (κ1) is 55.6. The van der Waals surface area contributed by atoms with Crippen LogP contribution in [0, 0.1) is 0 Å². The molecule has 336 valence electrons. The molecule has 58 heavy (non-hydrogen) atoms. The number of unbranched alkanes of at least 4 members (excludes halogenated alkanes) is 25. The molecule has 0 aromatic heterocycles. The summed E-state index contributed by atoms with van der Waals surface area (Å²) in [6.07, 6.45) is 59.5. The van der Waals surface area contributed by atoms with Crippen LogP contribution in [0.3, 0.4) is 0 Å². The lowest BCUT2D eigenvalue weighted by Gasteiger charge is -2.19. The van der Waals surface area contributed by atoms with Crippen molar-refractivity contribution in [3.05, 3.63) is 60.8 Å². The number of allylic oxidation sites excluding steroid dienone is 9. The Kier molecular flexibility index (Phi) is 45.3. The summed E-state index contributed by atoms with van der Waals surface area (Å²) in [4.78, 5) is 24.4. The normalized spacial score (nSPS) is 13.2. The van der Waals surface area contributed by atoms with Crippen LogP contribution in [0.25, 0.3) is 0 Å². The van der Waals surface area contributed by atoms with Crippen LogP contribution in [0.4, 0.5) is 0 Å². The lowest BCUT2D eigenvalue weighted by molar-refractivity contribution is -0.143. The molecular formula is C52H93NO5. The summed E-state index contributed by atoms with van der Waals surface area (Å²) < 4.78 is 5.45. The van der Waals surface area contributed by atoms with Gasteiger partial charge in [-0.3, -0.25) is 9.59 Å². The third-order valence-electron chi connectivity index (χ3n) is 10.8. The minimum Gasteiger partial charge on any atom is -0.466 e. The molecule has 0 saturated heterocycles. The Morgan fingerprint density at radius 3 is 1.38 bits per heavy atom. The van der Waals surface area contributed by atoms with E-state index < -0.39 is 12.1 Å². The molecular weight excluding hydrogens is 719 g/mol. The molecule has 0 bridgehead atoms. The molecule has 0 aliphatic carbocycles. The summed E-state index contributed by atoms with van der Waals surface area (Å²) in [7, 11) is 0. The molecule has 6 heteroatoms. The fourth-order valence-electron chi connectivity index (χ4n) is 6.95. The van der Waals surface area contributed by atoms with E-state index in [4.69, 9.17) is 4.74 Å². The number of carbonyl (C=O) groups excluding carboxylic acids is 2. The van der Waals surface area contributed by atoms with Gasteiger partial charge in [-0.15, -0.1) is 0 Å². The molecule has 0 aliphatic rings. The van der Waals surface area contributed by atoms with E-state index in [1.165, 1.54) is 141 Å². The standard InChI is InChI=1S/C52H93NO5/c1-3-5-7-9-11-13-14-15-16-17-18-19-20-23-26-30-34-38-42-46-52(57)58-47-43-39-35-31-27-24-21-22-25-29-33-37-41-45-51(56)53-49(48-54)50(55)44-40-36-32-28-12-10-8-6-4-2/h11,13,15-16,22,25,33,37,40,44,49-50,54-55H,3-10,12,14,17-21,23-24,26-32,34-36,38-39,41-43,45-48H2,1-2H3,(H,53,56)/b13-11-,16-15-,25-22-,37-33-,44-40+. The van der Waals surface area contributed by atoms with Gasteiger partial charge >= 0.3 is 5.97 Å². The van der Waals surface area contributed by atoms with Crippen LogP contribution in [0.2, 0.25) is 0 Å². The van der Waals surface area contributed by atoms with E-state index in [9.17, 15) is 19.8 Å². The average molecular weight is 812 g/mol. The molecule has 0 rings (SSSR count). The minimum absolute atomic E-state index is 0.0241. The number of hydrogen-bond donors (Lipinski definition) is 3. The highest BCUT2D eigenvalue weighted by atomic mass is 16.5. The van der Waals surface area contributed by atoms with Crippen molar-refractivity contribution in [1.82, 2.24) is 5.32 Å². The Labute approximate surface area is 358 Å². The quantitative estimate of drug-likeness (QED) is 0.0323. The molecule has 0 radical (unpaired) electrons. The highest BCUT2D eigenvalue weighted by Gasteiger charge is 2.17. The van der Waals surface area contributed by atoms with Crippen LogP contribution in [0.15, 0.2) is 60.8 Å². The first-order valence-electron chi connectivity index (χ1n) is 24.6. The van der Waals surface area contributed by atoms with E-state index in [1.807, 2.05) is 12.2 Å². The summed E-state index contributed by atoms with van der Waals surface area (Å²) in [6, 6.07) is -0.671. The van der Waals surface area contributed by atoms with Crippen molar-refractivity contribution >= 4 is 11.9 Å². The van der Waals surface area contributed by atoms with Gasteiger partial charge in [-0.25, -0.2) is 0 Å². The second-order valence-corrected chi connectivity index (χ2v) is 16.4. The van der Waals surface area contributed by atoms with E-state index in [0.717, 1.165) is 57.8 Å². The van der Waals surface area contributed by atoms with Crippen LogP contribution >= 0.6 is 0 Å². The van der Waals surface area contributed by atoms with E-state index in [0.29, 0.717) is 25.9 Å². The van der Waals surface area contributed by atoms with Crippen molar-refractivity contribution in [1.29, 1.82) is 0 Å². The summed E-state index contributed by atoms with van der Waals surface area (Å²) in [5.74, 6) is -0.178. The van der Waals surface area contributed by atoms with Crippen LogP contribution in [-0.2, 0) is 14.3 Å². The molecule has 3 N–H and O–H groups in total. The van der Waals surface area contributed by atoms with Gasteiger partial charge in [0.05, 0.1) is 25.4 Å². The topological polar surface area (TPSA) is 95.9 Å². The Bertz CT molecular complexity index is 1030. The van der Waals surface area contributed by atoms with Crippen LogP contribution in [-0.4, -0.2) is 47.4 Å². The predicted molar refractivity (Wildman–Crippen MR) is 250 cm³/mol. The molecule has 2 atom stereocenters. The van der Waals surface area contributed by atoms with E-state index in [2.05, 4.69) is 61.7 Å². The highest BCUT2D eigenvalue weighted by molar-refractivity contribution is 5.76. The molecule has 0 aromatic carbocycles. The third-order valence-corrected chi connectivity index (χ3v) is 10.8. The maximum absolute atomic E-state index is 12.3. The number of esters is 1. The monoisotopic (exact) mass is 812 g/mol. The maximum Gasteiger partial charge on any atom is 0.305 e. The summed E-state index contributed by atoms with van der Waals surface area (Å²) in [5, 5.41) is 22.8. The maximum atomic E-state index is 12.3. The number of aliphatic hydroxyl groups is 2. The number of carbonyl (C=O) groups is 2. The van der Waals surface area contributed by atoms with Crippen LogP contribution in [0.1, 0.15) is 232 Å². The fraction of sp³-hybridized carbons (Fsp3) is 0.769. The predicted octanol–water partition coefficient (Wildman–Crippen LogP) is 14.5.